The number of benzene rings is 1. The number of carbonyl (C=O) groups is 1. The van der Waals surface area contributed by atoms with Crippen LogP contribution in [0.1, 0.15) is 27.6 Å². The van der Waals surface area contributed by atoms with Crippen molar-refractivity contribution in [1.29, 1.82) is 0 Å². The minimum atomic E-state index is -0.00886. The number of furan rings is 1. The van der Waals surface area contributed by atoms with E-state index < -0.39 is 0 Å². The number of hydrogen-bond donors (Lipinski definition) is 0. The second-order valence-corrected chi connectivity index (χ2v) is 7.17. The lowest BCUT2D eigenvalue weighted by Gasteiger charge is -2.17. The molecule has 0 saturated heterocycles. The summed E-state index contributed by atoms with van der Waals surface area (Å²) in [5, 5.41) is 2.03. The molecule has 0 N–H and O–H groups in total. The summed E-state index contributed by atoms with van der Waals surface area (Å²) in [6.07, 6.45) is 0. The number of amides is 1. The Morgan fingerprint density at radius 3 is 2.83 bits per heavy atom. The Hall–Kier alpha value is -2.05. The maximum absolute atomic E-state index is 12.8. The molecule has 0 spiro atoms. The molecular formula is C18H18N2O2S2. The molecule has 0 saturated carbocycles. The normalized spacial score (nSPS) is 10.8. The first kappa shape index (κ1) is 16.8. The van der Waals surface area contributed by atoms with E-state index in [2.05, 4.69) is 4.98 Å². The molecule has 24 heavy (non-hydrogen) atoms. The molecule has 3 aromatic rings. The summed E-state index contributed by atoms with van der Waals surface area (Å²) in [7, 11) is 1.79. The van der Waals surface area contributed by atoms with Gasteiger partial charge in [-0.2, -0.15) is 0 Å². The summed E-state index contributed by atoms with van der Waals surface area (Å²) < 4.78 is 5.56. The van der Waals surface area contributed by atoms with E-state index in [1.165, 1.54) is 0 Å². The van der Waals surface area contributed by atoms with Gasteiger partial charge in [-0.05, 0) is 31.2 Å². The van der Waals surface area contributed by atoms with Crippen molar-refractivity contribution in [1.82, 2.24) is 9.88 Å². The largest absolute Gasteiger partial charge is 0.464 e. The molecule has 0 aliphatic heterocycles. The van der Waals surface area contributed by atoms with Crippen LogP contribution < -0.4 is 0 Å². The maximum Gasteiger partial charge on any atom is 0.255 e. The van der Waals surface area contributed by atoms with Crippen LogP contribution in [-0.4, -0.2) is 22.8 Å². The number of thiazole rings is 1. The molecule has 1 aromatic carbocycles. The summed E-state index contributed by atoms with van der Waals surface area (Å²) >= 11 is 3.22. The molecule has 0 aliphatic rings. The summed E-state index contributed by atoms with van der Waals surface area (Å²) in [4.78, 5) is 19.7. The first-order valence-electron chi connectivity index (χ1n) is 7.53. The third-order valence-electron chi connectivity index (χ3n) is 3.51. The molecule has 124 valence electrons. The monoisotopic (exact) mass is 358 g/mol. The first-order valence-corrected chi connectivity index (χ1v) is 9.46. The van der Waals surface area contributed by atoms with Crippen molar-refractivity contribution >= 4 is 29.0 Å². The second-order valence-electron chi connectivity index (χ2n) is 5.44. The average molecular weight is 358 g/mol. The molecule has 0 aliphatic carbocycles. The summed E-state index contributed by atoms with van der Waals surface area (Å²) in [5.41, 5.74) is 3.57. The molecule has 0 radical (unpaired) electrons. The molecule has 3 rings (SSSR count). The van der Waals surface area contributed by atoms with E-state index in [0.717, 1.165) is 27.9 Å². The van der Waals surface area contributed by atoms with Gasteiger partial charge >= 0.3 is 0 Å². The Labute approximate surface area is 149 Å². The standard InChI is InChI=1S/C18H18N2O2S2/c1-13-7-8-15(22-13)9-20(2)18(21)16-5-3-4-6-17(16)24-11-14-10-23-12-19-14/h3-8,10,12H,9,11H2,1-2H3. The smallest absolute Gasteiger partial charge is 0.255 e. The van der Waals surface area contributed by atoms with E-state index in [1.807, 2.05) is 54.2 Å². The number of thioether (sulfide) groups is 1. The number of aryl methyl sites for hydroxylation is 1. The van der Waals surface area contributed by atoms with E-state index in [0.29, 0.717) is 12.1 Å². The van der Waals surface area contributed by atoms with Crippen LogP contribution in [0.3, 0.4) is 0 Å². The van der Waals surface area contributed by atoms with Crippen LogP contribution >= 0.6 is 23.1 Å². The van der Waals surface area contributed by atoms with Gasteiger partial charge in [-0.1, -0.05) is 12.1 Å². The van der Waals surface area contributed by atoms with Gasteiger partial charge in [0.1, 0.15) is 11.5 Å². The Morgan fingerprint density at radius 1 is 1.29 bits per heavy atom. The predicted molar refractivity (Wildman–Crippen MR) is 97.4 cm³/mol. The highest BCUT2D eigenvalue weighted by molar-refractivity contribution is 7.98. The highest BCUT2D eigenvalue weighted by atomic mass is 32.2. The lowest BCUT2D eigenvalue weighted by molar-refractivity contribution is 0.0771. The third kappa shape index (κ3) is 4.07. The van der Waals surface area contributed by atoms with Gasteiger partial charge in [0.15, 0.2) is 0 Å². The molecule has 2 aromatic heterocycles. The molecule has 2 heterocycles. The van der Waals surface area contributed by atoms with Crippen LogP contribution in [0.25, 0.3) is 0 Å². The van der Waals surface area contributed by atoms with Gasteiger partial charge in [-0.3, -0.25) is 4.79 Å². The Kier molecular flexibility index (Phi) is 5.37. The molecular weight excluding hydrogens is 340 g/mol. The van der Waals surface area contributed by atoms with E-state index in [4.69, 9.17) is 4.42 Å². The van der Waals surface area contributed by atoms with Crippen molar-refractivity contribution in [3.8, 4) is 0 Å². The van der Waals surface area contributed by atoms with Crippen molar-refractivity contribution in [2.45, 2.75) is 24.1 Å². The number of nitrogens with zero attached hydrogens (tertiary/aromatic N) is 2. The van der Waals surface area contributed by atoms with Gasteiger partial charge in [-0.25, -0.2) is 4.98 Å². The van der Waals surface area contributed by atoms with Gasteiger partial charge in [-0.15, -0.1) is 23.1 Å². The molecule has 1 amide bonds. The van der Waals surface area contributed by atoms with Crippen LogP contribution in [0.2, 0.25) is 0 Å². The third-order valence-corrected chi connectivity index (χ3v) is 5.25. The molecule has 4 nitrogen and oxygen atoms in total. The zero-order valence-electron chi connectivity index (χ0n) is 13.6. The maximum atomic E-state index is 12.8. The molecule has 0 fully saturated rings. The topological polar surface area (TPSA) is 46.3 Å². The number of rotatable bonds is 6. The first-order chi connectivity index (χ1) is 11.6. The molecule has 6 heteroatoms. The number of hydrogen-bond acceptors (Lipinski definition) is 5. The average Bonchev–Trinajstić information content (AvgIpc) is 3.24. The lowest BCUT2D eigenvalue weighted by atomic mass is 10.2. The Bertz CT molecular complexity index is 812. The molecule has 0 atom stereocenters. The fourth-order valence-corrected chi connectivity index (χ4v) is 3.92. The number of aromatic nitrogens is 1. The second kappa shape index (κ2) is 7.68. The van der Waals surface area contributed by atoms with Crippen molar-refractivity contribution in [2.75, 3.05) is 7.05 Å². The summed E-state index contributed by atoms with van der Waals surface area (Å²) in [6.45, 7) is 2.35. The predicted octanol–water partition coefficient (Wildman–Crippen LogP) is 4.61. The van der Waals surface area contributed by atoms with Crippen LogP contribution in [-0.2, 0) is 12.3 Å². The van der Waals surface area contributed by atoms with Crippen LogP contribution in [0, 0.1) is 6.92 Å². The quantitative estimate of drug-likeness (QED) is 0.604. The minimum absolute atomic E-state index is 0.00886. The van der Waals surface area contributed by atoms with E-state index in [1.54, 1.807) is 35.0 Å². The van der Waals surface area contributed by atoms with Crippen molar-refractivity contribution in [3.05, 3.63) is 70.1 Å². The van der Waals surface area contributed by atoms with Crippen LogP contribution in [0.4, 0.5) is 0 Å². The Morgan fingerprint density at radius 2 is 2.12 bits per heavy atom. The number of carbonyl (C=O) groups excluding carboxylic acids is 1. The fourth-order valence-electron chi connectivity index (χ4n) is 2.31. The fraction of sp³-hybridized carbons (Fsp3) is 0.222. The van der Waals surface area contributed by atoms with Crippen LogP contribution in [0.5, 0.6) is 0 Å². The van der Waals surface area contributed by atoms with Crippen molar-refractivity contribution in [2.24, 2.45) is 0 Å². The van der Waals surface area contributed by atoms with E-state index in [-0.39, 0.29) is 5.91 Å². The van der Waals surface area contributed by atoms with Gasteiger partial charge in [0.05, 0.1) is 23.3 Å². The molecule has 0 unspecified atom stereocenters. The summed E-state index contributed by atoms with van der Waals surface area (Å²) in [5.74, 6) is 2.39. The zero-order chi connectivity index (χ0) is 16.9. The highest BCUT2D eigenvalue weighted by Gasteiger charge is 2.17. The van der Waals surface area contributed by atoms with Gasteiger partial charge < -0.3 is 9.32 Å². The van der Waals surface area contributed by atoms with Gasteiger partial charge in [0, 0.05) is 23.1 Å². The van der Waals surface area contributed by atoms with Gasteiger partial charge in [0.2, 0.25) is 0 Å². The summed E-state index contributed by atoms with van der Waals surface area (Å²) in [6, 6.07) is 11.5. The molecule has 0 bridgehead atoms. The minimum Gasteiger partial charge on any atom is -0.464 e. The van der Waals surface area contributed by atoms with E-state index in [9.17, 15) is 4.79 Å². The van der Waals surface area contributed by atoms with Crippen LogP contribution in [0.15, 0.2) is 56.6 Å². The lowest BCUT2D eigenvalue weighted by Crippen LogP contribution is -2.26. The van der Waals surface area contributed by atoms with Crippen molar-refractivity contribution in [3.63, 3.8) is 0 Å². The van der Waals surface area contributed by atoms with Crippen molar-refractivity contribution < 1.29 is 9.21 Å². The SMILES string of the molecule is Cc1ccc(CN(C)C(=O)c2ccccc2SCc2cscn2)o1. The van der Waals surface area contributed by atoms with E-state index >= 15 is 0 Å². The highest BCUT2D eigenvalue weighted by Crippen LogP contribution is 2.27. The Balaban J connectivity index is 1.71. The van der Waals surface area contributed by atoms with Gasteiger partial charge in [0.25, 0.3) is 5.91 Å². The zero-order valence-corrected chi connectivity index (χ0v) is 15.2.